The molecule has 1 amide bonds. The van der Waals surface area contributed by atoms with Crippen molar-refractivity contribution in [3.8, 4) is 5.75 Å². The van der Waals surface area contributed by atoms with E-state index in [-0.39, 0.29) is 17.0 Å². The van der Waals surface area contributed by atoms with Crippen molar-refractivity contribution >= 4 is 40.4 Å². The van der Waals surface area contributed by atoms with Gasteiger partial charge in [-0.05, 0) is 54.1 Å². The van der Waals surface area contributed by atoms with Gasteiger partial charge in [0.05, 0.1) is 23.8 Å². The first-order chi connectivity index (χ1) is 16.3. The van der Waals surface area contributed by atoms with E-state index in [1.54, 1.807) is 48.5 Å². The van der Waals surface area contributed by atoms with Crippen LogP contribution in [0.3, 0.4) is 0 Å². The van der Waals surface area contributed by atoms with Gasteiger partial charge in [0.25, 0.3) is 11.7 Å². The van der Waals surface area contributed by atoms with Gasteiger partial charge in [-0.3, -0.25) is 14.5 Å². The van der Waals surface area contributed by atoms with E-state index in [1.807, 2.05) is 11.9 Å². The summed E-state index contributed by atoms with van der Waals surface area (Å²) >= 11 is 6.05. The number of ether oxygens (including phenoxy) is 1. The first-order valence-electron chi connectivity index (χ1n) is 10.7. The molecule has 6 nitrogen and oxygen atoms in total. The number of nitrogens with zero attached hydrogens (tertiary/aromatic N) is 2. The van der Waals surface area contributed by atoms with E-state index in [4.69, 9.17) is 16.3 Å². The van der Waals surface area contributed by atoms with Gasteiger partial charge in [-0.1, -0.05) is 29.8 Å². The van der Waals surface area contributed by atoms with Gasteiger partial charge in [0.15, 0.2) is 0 Å². The molecule has 2 heterocycles. The Labute approximate surface area is 200 Å². The molecule has 172 valence electrons. The molecule has 1 N–H and O–H groups in total. The molecular weight excluding hydrogens is 459 g/mol. The third-order valence-corrected chi connectivity index (χ3v) is 6.30. The van der Waals surface area contributed by atoms with Gasteiger partial charge in [0.2, 0.25) is 0 Å². The van der Waals surface area contributed by atoms with Crippen molar-refractivity contribution in [3.63, 3.8) is 0 Å². The zero-order valence-electron chi connectivity index (χ0n) is 18.2. The fourth-order valence-corrected chi connectivity index (χ4v) is 4.46. The summed E-state index contributed by atoms with van der Waals surface area (Å²) in [6.45, 7) is 1.22. The molecule has 34 heavy (non-hydrogen) atoms. The fourth-order valence-electron chi connectivity index (χ4n) is 4.34. The average Bonchev–Trinajstić information content (AvgIpc) is 3.09. The molecule has 5 rings (SSSR count). The quantitative estimate of drug-likeness (QED) is 0.328. The number of carbonyl (C=O) groups is 2. The highest BCUT2D eigenvalue weighted by atomic mass is 35.5. The van der Waals surface area contributed by atoms with E-state index < -0.39 is 23.5 Å². The van der Waals surface area contributed by atoms with Crippen LogP contribution in [0.1, 0.15) is 17.2 Å². The number of carbonyl (C=O) groups excluding carboxylic acids is 2. The van der Waals surface area contributed by atoms with E-state index in [0.717, 1.165) is 5.69 Å². The number of rotatable bonds is 3. The van der Waals surface area contributed by atoms with Crippen LogP contribution in [0.5, 0.6) is 5.75 Å². The number of aliphatic hydroxyl groups excluding tert-OH is 1. The minimum Gasteiger partial charge on any atom is -0.507 e. The summed E-state index contributed by atoms with van der Waals surface area (Å²) in [4.78, 5) is 29.6. The number of hydrogen-bond acceptors (Lipinski definition) is 5. The number of aliphatic hydroxyl groups is 1. The van der Waals surface area contributed by atoms with Gasteiger partial charge in [0.1, 0.15) is 23.9 Å². The van der Waals surface area contributed by atoms with Gasteiger partial charge in [-0.15, -0.1) is 0 Å². The lowest BCUT2D eigenvalue weighted by Crippen LogP contribution is -2.29. The lowest BCUT2D eigenvalue weighted by atomic mass is 9.95. The Balaban J connectivity index is 1.70. The van der Waals surface area contributed by atoms with Crippen molar-refractivity contribution in [2.75, 3.05) is 30.0 Å². The Bertz CT molecular complexity index is 1340. The molecule has 1 atom stereocenters. The van der Waals surface area contributed by atoms with Crippen molar-refractivity contribution in [1.82, 2.24) is 0 Å². The molecule has 0 aliphatic carbocycles. The summed E-state index contributed by atoms with van der Waals surface area (Å²) in [7, 11) is 1.90. The van der Waals surface area contributed by atoms with Gasteiger partial charge in [-0.2, -0.15) is 0 Å². The molecular formula is C26H20ClFN2O4. The Morgan fingerprint density at radius 3 is 2.59 bits per heavy atom. The second-order valence-corrected chi connectivity index (χ2v) is 8.59. The summed E-state index contributed by atoms with van der Waals surface area (Å²) in [6, 6.07) is 16.2. The summed E-state index contributed by atoms with van der Waals surface area (Å²) in [5.74, 6) is -1.92. The van der Waals surface area contributed by atoms with Gasteiger partial charge in [-0.25, -0.2) is 4.39 Å². The second-order valence-electron chi connectivity index (χ2n) is 8.15. The van der Waals surface area contributed by atoms with Crippen LogP contribution >= 0.6 is 11.6 Å². The lowest BCUT2D eigenvalue weighted by Gasteiger charge is -2.28. The maximum atomic E-state index is 14.0. The average molecular weight is 479 g/mol. The summed E-state index contributed by atoms with van der Waals surface area (Å²) in [6.07, 6.45) is 0. The maximum Gasteiger partial charge on any atom is 0.300 e. The van der Waals surface area contributed by atoms with Crippen molar-refractivity contribution in [2.45, 2.75) is 6.04 Å². The highest BCUT2D eigenvalue weighted by Crippen LogP contribution is 2.43. The van der Waals surface area contributed by atoms with Crippen LogP contribution in [-0.2, 0) is 9.59 Å². The van der Waals surface area contributed by atoms with Crippen LogP contribution in [0.2, 0.25) is 5.02 Å². The monoisotopic (exact) mass is 478 g/mol. The van der Waals surface area contributed by atoms with E-state index in [0.29, 0.717) is 35.1 Å². The number of hydrogen-bond donors (Lipinski definition) is 1. The Kier molecular flexibility index (Phi) is 5.49. The predicted molar refractivity (Wildman–Crippen MR) is 128 cm³/mol. The molecule has 1 saturated heterocycles. The van der Waals surface area contributed by atoms with Crippen molar-refractivity contribution < 1.29 is 23.8 Å². The molecule has 0 saturated carbocycles. The van der Waals surface area contributed by atoms with Crippen LogP contribution in [0.25, 0.3) is 5.76 Å². The zero-order valence-corrected chi connectivity index (χ0v) is 18.9. The summed E-state index contributed by atoms with van der Waals surface area (Å²) in [5.41, 5.74) is 1.80. The largest absolute Gasteiger partial charge is 0.507 e. The van der Waals surface area contributed by atoms with E-state index in [2.05, 4.69) is 0 Å². The maximum absolute atomic E-state index is 14.0. The number of halogens is 2. The molecule has 1 unspecified atom stereocenters. The van der Waals surface area contributed by atoms with Crippen molar-refractivity contribution in [3.05, 3.63) is 94.3 Å². The molecule has 2 aliphatic heterocycles. The molecule has 1 fully saturated rings. The van der Waals surface area contributed by atoms with E-state index in [1.165, 1.54) is 23.1 Å². The number of fused-ring (bicyclic) bond motifs is 1. The SMILES string of the molecule is CN1CCOc2ccc(/C(O)=C3/C(=O)C(=O)N(c4cccc(F)c4)C3c3ccc(Cl)cc3)cc21. The van der Waals surface area contributed by atoms with Crippen LogP contribution in [-0.4, -0.2) is 37.0 Å². The lowest BCUT2D eigenvalue weighted by molar-refractivity contribution is -0.132. The second kappa shape index (κ2) is 8.50. The Hall–Kier alpha value is -3.84. The number of benzene rings is 3. The molecule has 0 bridgehead atoms. The molecule has 0 aromatic heterocycles. The van der Waals surface area contributed by atoms with Gasteiger partial charge < -0.3 is 14.7 Å². The summed E-state index contributed by atoms with van der Waals surface area (Å²) in [5, 5.41) is 11.8. The van der Waals surface area contributed by atoms with Crippen molar-refractivity contribution in [2.24, 2.45) is 0 Å². The molecule has 2 aliphatic rings. The van der Waals surface area contributed by atoms with Crippen LogP contribution < -0.4 is 14.5 Å². The minimum atomic E-state index is -0.968. The molecule has 0 radical (unpaired) electrons. The smallest absolute Gasteiger partial charge is 0.300 e. The molecule has 8 heteroatoms. The number of likely N-dealkylation sites (N-methyl/N-ethyl adjacent to an activating group) is 1. The zero-order chi connectivity index (χ0) is 24.0. The first-order valence-corrected chi connectivity index (χ1v) is 11.0. The molecule has 3 aromatic carbocycles. The first kappa shape index (κ1) is 22.0. The molecule has 0 spiro atoms. The normalized spacial score (nSPS) is 19.2. The van der Waals surface area contributed by atoms with Crippen LogP contribution in [0.15, 0.2) is 72.3 Å². The third-order valence-electron chi connectivity index (χ3n) is 6.04. The standard InChI is InChI=1S/C26H20ClFN2O4/c1-29-11-12-34-21-10-7-16(13-20(21)29)24(31)22-23(15-5-8-17(27)9-6-15)30(26(33)25(22)32)19-4-2-3-18(28)14-19/h2-10,13-14,23,31H,11-12H2,1H3/b24-22-. The van der Waals surface area contributed by atoms with Gasteiger partial charge in [0, 0.05) is 23.3 Å². The third kappa shape index (κ3) is 3.68. The summed E-state index contributed by atoms with van der Waals surface area (Å²) < 4.78 is 19.7. The Morgan fingerprint density at radius 2 is 1.85 bits per heavy atom. The topological polar surface area (TPSA) is 70.1 Å². The Morgan fingerprint density at radius 1 is 1.09 bits per heavy atom. The van der Waals surface area contributed by atoms with Gasteiger partial charge >= 0.3 is 0 Å². The van der Waals surface area contributed by atoms with Crippen LogP contribution in [0, 0.1) is 5.82 Å². The predicted octanol–water partition coefficient (Wildman–Crippen LogP) is 4.93. The van der Waals surface area contributed by atoms with E-state index in [9.17, 15) is 19.1 Å². The van der Waals surface area contributed by atoms with E-state index >= 15 is 0 Å². The van der Waals surface area contributed by atoms with Crippen molar-refractivity contribution in [1.29, 1.82) is 0 Å². The minimum absolute atomic E-state index is 0.0871. The van der Waals surface area contributed by atoms with Crippen LogP contribution in [0.4, 0.5) is 15.8 Å². The number of Topliss-reactive ketones (excluding diaryl/α,β-unsaturated/α-hetero) is 1. The molecule has 3 aromatic rings. The number of ketones is 1. The number of anilines is 2. The number of amides is 1. The highest BCUT2D eigenvalue weighted by Gasteiger charge is 2.47. The fraction of sp³-hybridized carbons (Fsp3) is 0.154. The highest BCUT2D eigenvalue weighted by molar-refractivity contribution is 6.51.